The van der Waals surface area contributed by atoms with Crippen molar-refractivity contribution in [1.82, 2.24) is 5.32 Å². The summed E-state index contributed by atoms with van der Waals surface area (Å²) in [6.45, 7) is 0. The lowest BCUT2D eigenvalue weighted by molar-refractivity contribution is -0.138. The highest BCUT2D eigenvalue weighted by Gasteiger charge is 2.30. The van der Waals surface area contributed by atoms with Crippen LogP contribution in [-0.4, -0.2) is 22.9 Å². The molecule has 3 nitrogen and oxygen atoms in total. The maximum atomic E-state index is 10.8. The van der Waals surface area contributed by atoms with Crippen molar-refractivity contribution in [2.24, 2.45) is 0 Å². The first-order chi connectivity index (χ1) is 7.16. The van der Waals surface area contributed by atoms with Crippen molar-refractivity contribution in [2.45, 2.75) is 11.4 Å². The number of carbonyl (C=O) groups is 1. The van der Waals surface area contributed by atoms with Crippen LogP contribution in [0.3, 0.4) is 0 Å². The molecule has 15 heavy (non-hydrogen) atoms. The van der Waals surface area contributed by atoms with Crippen LogP contribution in [0.2, 0.25) is 0 Å². The lowest BCUT2D eigenvalue weighted by atomic mass is 10.2. The van der Waals surface area contributed by atoms with Gasteiger partial charge in [-0.25, -0.2) is 0 Å². The molecule has 0 spiro atoms. The summed E-state index contributed by atoms with van der Waals surface area (Å²) in [6, 6.07) is 7.49. The largest absolute Gasteiger partial charge is 0.480 e. The second kappa shape index (κ2) is 4.55. The molecule has 1 aliphatic rings. The van der Waals surface area contributed by atoms with E-state index in [0.29, 0.717) is 5.75 Å². The zero-order valence-corrected chi connectivity index (χ0v) is 10.2. The molecule has 0 aromatic heterocycles. The second-order valence-electron chi connectivity index (χ2n) is 3.33. The second-order valence-corrected chi connectivity index (χ2v) is 5.38. The van der Waals surface area contributed by atoms with E-state index in [1.165, 1.54) is 0 Å². The molecule has 0 amide bonds. The summed E-state index contributed by atoms with van der Waals surface area (Å²) in [7, 11) is 0. The molecule has 1 aliphatic heterocycles. The van der Waals surface area contributed by atoms with Gasteiger partial charge in [-0.15, -0.1) is 11.8 Å². The smallest absolute Gasteiger partial charge is 0.321 e. The molecule has 80 valence electrons. The summed E-state index contributed by atoms with van der Waals surface area (Å²) < 4.78 is 1.01. The Balaban J connectivity index is 2.11. The zero-order chi connectivity index (χ0) is 10.8. The summed E-state index contributed by atoms with van der Waals surface area (Å²) >= 11 is 5.03. The van der Waals surface area contributed by atoms with Gasteiger partial charge in [0.25, 0.3) is 0 Å². The SMILES string of the molecule is O=C(O)[C@@H]1CSC(c2cccc(Br)c2)N1. The lowest BCUT2D eigenvalue weighted by Crippen LogP contribution is -2.33. The first-order valence-electron chi connectivity index (χ1n) is 4.53. The topological polar surface area (TPSA) is 49.3 Å². The van der Waals surface area contributed by atoms with Crippen LogP contribution in [-0.2, 0) is 4.79 Å². The third-order valence-corrected chi connectivity index (χ3v) is 3.99. The van der Waals surface area contributed by atoms with Crippen molar-refractivity contribution >= 4 is 33.7 Å². The minimum absolute atomic E-state index is 0.0867. The van der Waals surface area contributed by atoms with Gasteiger partial charge in [0, 0.05) is 10.2 Å². The van der Waals surface area contributed by atoms with Gasteiger partial charge in [0.1, 0.15) is 6.04 Å². The minimum atomic E-state index is -0.778. The molecular formula is C10H10BrNO2S. The number of halogens is 1. The number of carboxylic acids is 1. The predicted octanol–water partition coefficient (Wildman–Crippen LogP) is 2.24. The molecule has 2 N–H and O–H groups in total. The maximum absolute atomic E-state index is 10.8. The van der Waals surface area contributed by atoms with E-state index < -0.39 is 12.0 Å². The number of hydrogen-bond donors (Lipinski definition) is 2. The van der Waals surface area contributed by atoms with Crippen molar-refractivity contribution < 1.29 is 9.90 Å². The van der Waals surface area contributed by atoms with E-state index in [4.69, 9.17) is 5.11 Å². The van der Waals surface area contributed by atoms with Gasteiger partial charge in [0.15, 0.2) is 0 Å². The number of nitrogens with one attached hydrogen (secondary N) is 1. The Kier molecular flexibility index (Phi) is 3.33. The highest BCUT2D eigenvalue weighted by Crippen LogP contribution is 2.33. The fourth-order valence-electron chi connectivity index (χ4n) is 1.48. The van der Waals surface area contributed by atoms with Crippen molar-refractivity contribution in [3.63, 3.8) is 0 Å². The van der Waals surface area contributed by atoms with Crippen LogP contribution in [0.1, 0.15) is 10.9 Å². The number of carboxylic acid groups (broad SMARTS) is 1. The van der Waals surface area contributed by atoms with Gasteiger partial charge >= 0.3 is 5.97 Å². The Morgan fingerprint density at radius 2 is 2.40 bits per heavy atom. The Bertz CT molecular complexity index is 385. The molecule has 1 unspecified atom stereocenters. The van der Waals surface area contributed by atoms with E-state index >= 15 is 0 Å². The van der Waals surface area contributed by atoms with E-state index in [-0.39, 0.29) is 5.37 Å². The van der Waals surface area contributed by atoms with Gasteiger partial charge in [-0.2, -0.15) is 0 Å². The Hall–Kier alpha value is -0.520. The fourth-order valence-corrected chi connectivity index (χ4v) is 3.12. The number of thioether (sulfide) groups is 1. The number of aliphatic carboxylic acids is 1. The molecule has 1 fully saturated rings. The summed E-state index contributed by atoms with van der Waals surface area (Å²) in [5.74, 6) is -0.160. The number of hydrogen-bond acceptors (Lipinski definition) is 3. The standard InChI is InChI=1S/C10H10BrNO2S/c11-7-3-1-2-6(4-7)9-12-8(5-15-9)10(13)14/h1-4,8-9,12H,5H2,(H,13,14)/t8-,9?/m0/s1. The van der Waals surface area contributed by atoms with Crippen LogP contribution in [0, 0.1) is 0 Å². The molecular weight excluding hydrogens is 278 g/mol. The predicted molar refractivity (Wildman–Crippen MR) is 63.9 cm³/mol. The van der Waals surface area contributed by atoms with Crippen molar-refractivity contribution in [1.29, 1.82) is 0 Å². The first-order valence-corrected chi connectivity index (χ1v) is 6.37. The Morgan fingerprint density at radius 1 is 1.60 bits per heavy atom. The molecule has 0 radical (unpaired) electrons. The molecule has 0 aliphatic carbocycles. The molecule has 1 heterocycles. The van der Waals surface area contributed by atoms with Crippen molar-refractivity contribution in [3.8, 4) is 0 Å². The molecule has 0 saturated carbocycles. The van der Waals surface area contributed by atoms with Crippen LogP contribution in [0.15, 0.2) is 28.7 Å². The van der Waals surface area contributed by atoms with Gasteiger partial charge in [0.2, 0.25) is 0 Å². The monoisotopic (exact) mass is 287 g/mol. The molecule has 5 heteroatoms. The van der Waals surface area contributed by atoms with Crippen molar-refractivity contribution in [3.05, 3.63) is 34.3 Å². The van der Waals surface area contributed by atoms with Gasteiger partial charge in [-0.3, -0.25) is 10.1 Å². The molecule has 0 bridgehead atoms. The summed E-state index contributed by atoms with van der Waals surface area (Å²) in [5, 5.41) is 12.0. The van der Waals surface area contributed by atoms with Crippen LogP contribution < -0.4 is 5.32 Å². The quantitative estimate of drug-likeness (QED) is 0.876. The third-order valence-electron chi connectivity index (χ3n) is 2.23. The van der Waals surface area contributed by atoms with E-state index in [2.05, 4.69) is 21.2 Å². The molecule has 1 saturated heterocycles. The minimum Gasteiger partial charge on any atom is -0.480 e. The van der Waals surface area contributed by atoms with E-state index in [0.717, 1.165) is 10.0 Å². The zero-order valence-electron chi connectivity index (χ0n) is 7.81. The van der Waals surface area contributed by atoms with Crippen LogP contribution >= 0.6 is 27.7 Å². The summed E-state index contributed by atoms with van der Waals surface area (Å²) in [4.78, 5) is 10.8. The average Bonchev–Trinajstić information content (AvgIpc) is 2.66. The van der Waals surface area contributed by atoms with Gasteiger partial charge in [-0.1, -0.05) is 28.1 Å². The third kappa shape index (κ3) is 2.53. The molecule has 2 atom stereocenters. The summed E-state index contributed by atoms with van der Waals surface area (Å²) in [5.41, 5.74) is 1.11. The van der Waals surface area contributed by atoms with E-state index in [9.17, 15) is 4.79 Å². The first kappa shape index (κ1) is 11.0. The number of benzene rings is 1. The van der Waals surface area contributed by atoms with Gasteiger partial charge in [-0.05, 0) is 17.7 Å². The highest BCUT2D eigenvalue weighted by molar-refractivity contribution is 9.10. The van der Waals surface area contributed by atoms with Gasteiger partial charge in [0.05, 0.1) is 5.37 Å². The average molecular weight is 288 g/mol. The summed E-state index contributed by atoms with van der Waals surface area (Å²) in [6.07, 6.45) is 0. The Labute approximate surface area is 100 Å². The van der Waals surface area contributed by atoms with E-state index in [1.807, 2.05) is 24.3 Å². The molecule has 1 aromatic rings. The van der Waals surface area contributed by atoms with Crippen molar-refractivity contribution in [2.75, 3.05) is 5.75 Å². The molecule has 1 aromatic carbocycles. The van der Waals surface area contributed by atoms with Gasteiger partial charge < -0.3 is 5.11 Å². The lowest BCUT2D eigenvalue weighted by Gasteiger charge is -2.11. The highest BCUT2D eigenvalue weighted by atomic mass is 79.9. The normalized spacial score (nSPS) is 25.4. The fraction of sp³-hybridized carbons (Fsp3) is 0.300. The Morgan fingerprint density at radius 3 is 3.00 bits per heavy atom. The van der Waals surface area contributed by atoms with Crippen LogP contribution in [0.5, 0.6) is 0 Å². The van der Waals surface area contributed by atoms with Crippen LogP contribution in [0.4, 0.5) is 0 Å². The van der Waals surface area contributed by atoms with E-state index in [1.54, 1.807) is 11.8 Å². The van der Waals surface area contributed by atoms with Crippen LogP contribution in [0.25, 0.3) is 0 Å². The number of rotatable bonds is 2. The maximum Gasteiger partial charge on any atom is 0.321 e. The molecule has 2 rings (SSSR count).